The van der Waals surface area contributed by atoms with Crippen LogP contribution in [0.15, 0.2) is 44.7 Å². The molecule has 12 nitrogen and oxygen atoms in total. The molecule has 15 heteroatoms. The topological polar surface area (TPSA) is 142 Å². The normalized spacial score (nSPS) is 18.8. The number of sulfonamides is 1. The van der Waals surface area contributed by atoms with Crippen molar-refractivity contribution in [3.8, 4) is 0 Å². The van der Waals surface area contributed by atoms with Gasteiger partial charge in [-0.05, 0) is 19.2 Å². The Kier molecular flexibility index (Phi) is 8.06. The number of carbonyl (C=O) groups excluding carboxylic acids is 1. The van der Waals surface area contributed by atoms with Gasteiger partial charge >= 0.3 is 0 Å². The first-order valence-electron chi connectivity index (χ1n) is 11.2. The number of rotatable bonds is 7. The van der Waals surface area contributed by atoms with Crippen molar-refractivity contribution in [2.24, 2.45) is 5.10 Å². The molecule has 0 spiro atoms. The van der Waals surface area contributed by atoms with E-state index in [2.05, 4.69) is 20.3 Å². The highest BCUT2D eigenvalue weighted by Crippen LogP contribution is 2.27. The van der Waals surface area contributed by atoms with E-state index in [4.69, 9.17) is 4.74 Å². The Morgan fingerprint density at radius 3 is 2.28 bits per heavy atom. The second-order valence-electron chi connectivity index (χ2n) is 8.46. The van der Waals surface area contributed by atoms with Crippen LogP contribution in [0.25, 0.3) is 0 Å². The summed E-state index contributed by atoms with van der Waals surface area (Å²) in [5.41, 5.74) is 0.462. The number of hydrazone groups is 1. The molecule has 1 N–H and O–H groups in total. The smallest absolute Gasteiger partial charge is 0.278 e. The number of benzene rings is 1. The molecule has 0 unspecified atom stereocenters. The molecule has 2 saturated heterocycles. The van der Waals surface area contributed by atoms with Gasteiger partial charge in [0, 0.05) is 38.0 Å². The zero-order chi connectivity index (χ0) is 25.9. The number of piperazine rings is 1. The largest absolute Gasteiger partial charge is 0.378 e. The van der Waals surface area contributed by atoms with E-state index >= 15 is 0 Å². The Labute approximate surface area is 214 Å². The zero-order valence-corrected chi connectivity index (χ0v) is 22.4. The Bertz CT molecular complexity index is 1330. The van der Waals surface area contributed by atoms with Crippen LogP contribution in [0, 0.1) is 0 Å². The second kappa shape index (κ2) is 10.9. The van der Waals surface area contributed by atoms with Gasteiger partial charge in [-0.2, -0.15) is 9.41 Å². The summed E-state index contributed by atoms with van der Waals surface area (Å²) in [5, 5.41) is 8.95. The molecule has 36 heavy (non-hydrogen) atoms. The van der Waals surface area contributed by atoms with Crippen molar-refractivity contribution in [3.05, 3.63) is 36.0 Å². The van der Waals surface area contributed by atoms with Crippen LogP contribution in [0.3, 0.4) is 0 Å². The van der Waals surface area contributed by atoms with Crippen LogP contribution in [0.5, 0.6) is 0 Å². The maximum atomic E-state index is 13.2. The predicted molar refractivity (Wildman–Crippen MR) is 135 cm³/mol. The number of morpholine rings is 1. The Balaban J connectivity index is 1.56. The SMILES string of the molecule is CN1CCN(S(=O)(=O)c2cnc(NC(=O)C(=NN3CCOCC3)c3ccc(S(C)(=O)=O)cc3)s2)CC1. The van der Waals surface area contributed by atoms with Crippen molar-refractivity contribution in [1.29, 1.82) is 0 Å². The van der Waals surface area contributed by atoms with Gasteiger partial charge < -0.3 is 9.64 Å². The van der Waals surface area contributed by atoms with Crippen LogP contribution in [-0.4, -0.2) is 113 Å². The maximum absolute atomic E-state index is 13.2. The Morgan fingerprint density at radius 2 is 1.67 bits per heavy atom. The van der Waals surface area contributed by atoms with Gasteiger partial charge in [0.1, 0.15) is 0 Å². The second-order valence-corrected chi connectivity index (χ2v) is 13.7. The summed E-state index contributed by atoms with van der Waals surface area (Å²) in [6.45, 7) is 3.96. The molecule has 4 rings (SSSR count). The van der Waals surface area contributed by atoms with E-state index in [1.807, 2.05) is 7.05 Å². The molecule has 2 aliphatic heterocycles. The summed E-state index contributed by atoms with van der Waals surface area (Å²) in [6, 6.07) is 5.86. The number of hydrogen-bond donors (Lipinski definition) is 1. The average molecular weight is 557 g/mol. The number of ether oxygens (including phenoxy) is 1. The van der Waals surface area contributed by atoms with Crippen molar-refractivity contribution in [1.82, 2.24) is 19.2 Å². The third-order valence-corrected chi connectivity index (χ3v) is 10.1. The van der Waals surface area contributed by atoms with Gasteiger partial charge in [0.15, 0.2) is 24.9 Å². The number of nitrogens with one attached hydrogen (secondary N) is 1. The average Bonchev–Trinajstić information content (AvgIpc) is 3.32. The first kappa shape index (κ1) is 26.6. The molecule has 2 aromatic rings. The van der Waals surface area contributed by atoms with Crippen molar-refractivity contribution in [2.75, 3.05) is 71.1 Å². The number of hydrogen-bond acceptors (Lipinski definition) is 11. The van der Waals surface area contributed by atoms with Gasteiger partial charge in [-0.25, -0.2) is 21.8 Å². The monoisotopic (exact) mass is 556 g/mol. The summed E-state index contributed by atoms with van der Waals surface area (Å²) < 4.78 is 56.4. The lowest BCUT2D eigenvalue weighted by atomic mass is 10.1. The number of carbonyl (C=O) groups is 1. The highest BCUT2D eigenvalue weighted by molar-refractivity contribution is 7.91. The number of aromatic nitrogens is 1. The molecule has 1 aromatic heterocycles. The minimum absolute atomic E-state index is 0.0477. The van der Waals surface area contributed by atoms with Crippen LogP contribution in [0.2, 0.25) is 0 Å². The van der Waals surface area contributed by atoms with E-state index in [1.54, 1.807) is 5.01 Å². The van der Waals surface area contributed by atoms with Crippen molar-refractivity contribution in [3.63, 3.8) is 0 Å². The van der Waals surface area contributed by atoms with Crippen molar-refractivity contribution < 1.29 is 26.4 Å². The molecule has 0 bridgehead atoms. The van der Waals surface area contributed by atoms with Gasteiger partial charge in [-0.3, -0.25) is 15.1 Å². The molecule has 0 atom stereocenters. The first-order valence-corrected chi connectivity index (χ1v) is 15.4. The van der Waals surface area contributed by atoms with Gasteiger partial charge in [-0.1, -0.05) is 23.5 Å². The summed E-state index contributed by atoms with van der Waals surface area (Å²) in [6.07, 6.45) is 2.35. The molecule has 1 aromatic carbocycles. The van der Waals surface area contributed by atoms with Crippen LogP contribution in [0.1, 0.15) is 5.56 Å². The number of amides is 1. The van der Waals surface area contributed by atoms with Gasteiger partial charge in [0.05, 0.1) is 37.4 Å². The van der Waals surface area contributed by atoms with E-state index in [0.29, 0.717) is 58.0 Å². The molecular weight excluding hydrogens is 528 g/mol. The lowest BCUT2D eigenvalue weighted by Gasteiger charge is -2.30. The molecule has 0 saturated carbocycles. The van der Waals surface area contributed by atoms with E-state index in [9.17, 15) is 21.6 Å². The number of thiazole rings is 1. The fourth-order valence-electron chi connectivity index (χ4n) is 3.64. The van der Waals surface area contributed by atoms with E-state index < -0.39 is 25.8 Å². The number of anilines is 1. The number of nitrogens with zero attached hydrogens (tertiary/aromatic N) is 5. The third-order valence-electron chi connectivity index (χ3n) is 5.76. The quantitative estimate of drug-likeness (QED) is 0.472. The molecule has 0 aliphatic carbocycles. The highest BCUT2D eigenvalue weighted by atomic mass is 32.2. The van der Waals surface area contributed by atoms with Crippen LogP contribution >= 0.6 is 11.3 Å². The lowest BCUT2D eigenvalue weighted by Crippen LogP contribution is -2.46. The summed E-state index contributed by atoms with van der Waals surface area (Å²) in [7, 11) is -5.18. The predicted octanol–water partition coefficient (Wildman–Crippen LogP) is 0.158. The van der Waals surface area contributed by atoms with Gasteiger partial charge in [-0.15, -0.1) is 0 Å². The number of likely N-dealkylation sites (N-methyl/N-ethyl adjacent to an activating group) is 1. The summed E-state index contributed by atoms with van der Waals surface area (Å²) in [4.78, 5) is 19.5. The number of sulfone groups is 1. The van der Waals surface area contributed by atoms with Gasteiger partial charge in [0.25, 0.3) is 15.9 Å². The zero-order valence-electron chi connectivity index (χ0n) is 20.0. The summed E-state index contributed by atoms with van der Waals surface area (Å²) in [5.74, 6) is -0.591. The van der Waals surface area contributed by atoms with Crippen LogP contribution < -0.4 is 5.32 Å². The van der Waals surface area contributed by atoms with E-state index in [1.165, 1.54) is 34.8 Å². The minimum atomic E-state index is -3.71. The standard InChI is InChI=1S/C21H28N6O6S3/c1-25-7-9-27(10-8-25)36(31,32)18-15-22-21(34-18)23-20(28)19(24-26-11-13-33-14-12-26)16-3-5-17(6-4-16)35(2,29)30/h3-6,15H,7-14H2,1-2H3,(H,22,23,28). The molecule has 2 aliphatic rings. The van der Waals surface area contributed by atoms with Gasteiger partial charge in [0.2, 0.25) is 0 Å². The molecular formula is C21H28N6O6S3. The van der Waals surface area contributed by atoms with Crippen LogP contribution in [0.4, 0.5) is 5.13 Å². The fraction of sp³-hybridized carbons (Fsp3) is 0.476. The lowest BCUT2D eigenvalue weighted by molar-refractivity contribution is -0.110. The summed E-state index contributed by atoms with van der Waals surface area (Å²) >= 11 is 0.873. The Hall–Kier alpha value is -2.43. The molecule has 2 fully saturated rings. The minimum Gasteiger partial charge on any atom is -0.378 e. The molecule has 196 valence electrons. The van der Waals surface area contributed by atoms with E-state index in [-0.39, 0.29) is 19.9 Å². The fourth-order valence-corrected chi connectivity index (χ4v) is 6.87. The van der Waals surface area contributed by atoms with Crippen molar-refractivity contribution in [2.45, 2.75) is 9.10 Å². The highest BCUT2D eigenvalue weighted by Gasteiger charge is 2.30. The molecule has 0 radical (unpaired) electrons. The van der Waals surface area contributed by atoms with Crippen LogP contribution in [-0.2, 0) is 29.4 Å². The molecule has 1 amide bonds. The third kappa shape index (κ3) is 6.27. The van der Waals surface area contributed by atoms with Crippen molar-refractivity contribution >= 4 is 47.9 Å². The first-order chi connectivity index (χ1) is 17.0. The molecule has 3 heterocycles. The maximum Gasteiger partial charge on any atom is 0.278 e. The van der Waals surface area contributed by atoms with E-state index in [0.717, 1.165) is 17.6 Å². The Morgan fingerprint density at radius 1 is 1.03 bits per heavy atom.